The van der Waals surface area contributed by atoms with Gasteiger partial charge in [0.15, 0.2) is 0 Å². The Morgan fingerprint density at radius 2 is 1.95 bits per heavy atom. The lowest BCUT2D eigenvalue weighted by Crippen LogP contribution is -2.33. The topological polar surface area (TPSA) is 53.6 Å². The molecule has 22 heavy (non-hydrogen) atoms. The third-order valence-corrected chi connectivity index (χ3v) is 3.72. The number of hydrogen-bond donors (Lipinski definition) is 2. The standard InChI is InChI=1S/C17H33N3O2/c1-5-20-13-8-9-15(10-14-20)18-11-6-7-12-19-16(21)22-17(2,3)4/h6-7,15,18H,5,8-14H2,1-4H3,(H,19,21)/b7-6+. The molecule has 1 atom stereocenters. The van der Waals surface area contributed by atoms with E-state index in [1.54, 1.807) is 0 Å². The summed E-state index contributed by atoms with van der Waals surface area (Å²) in [6, 6.07) is 0.611. The second-order valence-electron chi connectivity index (χ2n) is 6.82. The maximum Gasteiger partial charge on any atom is 0.407 e. The zero-order chi connectivity index (χ0) is 16.4. The predicted molar refractivity (Wildman–Crippen MR) is 91.1 cm³/mol. The highest BCUT2D eigenvalue weighted by Crippen LogP contribution is 2.10. The number of nitrogens with zero attached hydrogens (tertiary/aromatic N) is 1. The van der Waals surface area contributed by atoms with E-state index in [0.29, 0.717) is 12.6 Å². The van der Waals surface area contributed by atoms with Crippen LogP contribution in [0.15, 0.2) is 12.2 Å². The van der Waals surface area contributed by atoms with Crippen molar-refractivity contribution in [3.05, 3.63) is 12.2 Å². The van der Waals surface area contributed by atoms with Crippen LogP contribution in [0.4, 0.5) is 4.79 Å². The fourth-order valence-electron chi connectivity index (χ4n) is 2.53. The van der Waals surface area contributed by atoms with E-state index < -0.39 is 5.60 Å². The van der Waals surface area contributed by atoms with Gasteiger partial charge in [-0.3, -0.25) is 0 Å². The lowest BCUT2D eigenvalue weighted by Gasteiger charge is -2.19. The van der Waals surface area contributed by atoms with E-state index in [-0.39, 0.29) is 6.09 Å². The first-order valence-corrected chi connectivity index (χ1v) is 8.48. The van der Waals surface area contributed by atoms with E-state index in [0.717, 1.165) is 13.1 Å². The van der Waals surface area contributed by atoms with Gasteiger partial charge in [-0.25, -0.2) is 4.79 Å². The SMILES string of the molecule is CCN1CCCC(NC/C=C/CNC(=O)OC(C)(C)C)CC1. The molecular weight excluding hydrogens is 278 g/mol. The van der Waals surface area contributed by atoms with E-state index >= 15 is 0 Å². The van der Waals surface area contributed by atoms with E-state index in [1.807, 2.05) is 26.8 Å². The highest BCUT2D eigenvalue weighted by molar-refractivity contribution is 5.67. The Hall–Kier alpha value is -1.07. The maximum atomic E-state index is 11.4. The van der Waals surface area contributed by atoms with Crippen LogP contribution in [0.25, 0.3) is 0 Å². The summed E-state index contributed by atoms with van der Waals surface area (Å²) in [5, 5.41) is 6.29. The Kier molecular flexibility index (Phi) is 8.49. The van der Waals surface area contributed by atoms with Gasteiger partial charge in [-0.05, 0) is 59.7 Å². The Morgan fingerprint density at radius 1 is 1.23 bits per heavy atom. The minimum atomic E-state index is -0.443. The highest BCUT2D eigenvalue weighted by atomic mass is 16.6. The molecule has 0 aliphatic carbocycles. The number of carbonyl (C=O) groups excluding carboxylic acids is 1. The monoisotopic (exact) mass is 311 g/mol. The molecule has 1 fully saturated rings. The smallest absolute Gasteiger partial charge is 0.407 e. The Morgan fingerprint density at radius 3 is 2.64 bits per heavy atom. The minimum Gasteiger partial charge on any atom is -0.444 e. The van der Waals surface area contributed by atoms with Crippen molar-refractivity contribution in [3.63, 3.8) is 0 Å². The lowest BCUT2D eigenvalue weighted by atomic mass is 10.1. The first-order valence-electron chi connectivity index (χ1n) is 8.48. The quantitative estimate of drug-likeness (QED) is 0.740. The molecule has 0 spiro atoms. The molecule has 2 N–H and O–H groups in total. The zero-order valence-electron chi connectivity index (χ0n) is 14.7. The van der Waals surface area contributed by atoms with Crippen LogP contribution >= 0.6 is 0 Å². The van der Waals surface area contributed by atoms with Crippen LogP contribution in [0, 0.1) is 0 Å². The third-order valence-electron chi connectivity index (χ3n) is 3.72. The summed E-state index contributed by atoms with van der Waals surface area (Å²) in [4.78, 5) is 14.0. The second-order valence-corrected chi connectivity index (χ2v) is 6.82. The molecule has 1 aliphatic heterocycles. The number of nitrogens with one attached hydrogen (secondary N) is 2. The van der Waals surface area contributed by atoms with Crippen molar-refractivity contribution in [2.45, 2.75) is 58.6 Å². The molecule has 128 valence electrons. The number of amides is 1. The van der Waals surface area contributed by atoms with E-state index in [9.17, 15) is 4.79 Å². The largest absolute Gasteiger partial charge is 0.444 e. The molecule has 1 amide bonds. The van der Waals surface area contributed by atoms with Crippen LogP contribution in [0.1, 0.15) is 47.0 Å². The summed E-state index contributed by atoms with van der Waals surface area (Å²) >= 11 is 0. The van der Waals surface area contributed by atoms with Crippen LogP contribution in [0.3, 0.4) is 0 Å². The van der Waals surface area contributed by atoms with Crippen LogP contribution in [-0.4, -0.2) is 55.4 Å². The lowest BCUT2D eigenvalue weighted by molar-refractivity contribution is 0.0534. The molecule has 0 bridgehead atoms. The average molecular weight is 311 g/mol. The second kappa shape index (κ2) is 9.85. The van der Waals surface area contributed by atoms with Gasteiger partial charge in [0.1, 0.15) is 5.60 Å². The molecule has 5 heteroatoms. The molecule has 0 aromatic carbocycles. The van der Waals surface area contributed by atoms with E-state index in [2.05, 4.69) is 28.5 Å². The first-order chi connectivity index (χ1) is 10.4. The van der Waals surface area contributed by atoms with Gasteiger partial charge in [-0.1, -0.05) is 19.1 Å². The molecule has 1 unspecified atom stereocenters. The number of carbonyl (C=O) groups is 1. The summed E-state index contributed by atoms with van der Waals surface area (Å²) in [6.07, 6.45) is 7.41. The van der Waals surface area contributed by atoms with Crippen LogP contribution in [0.2, 0.25) is 0 Å². The fourth-order valence-corrected chi connectivity index (χ4v) is 2.53. The van der Waals surface area contributed by atoms with E-state index in [1.165, 1.54) is 32.4 Å². The van der Waals surface area contributed by atoms with Gasteiger partial charge in [-0.2, -0.15) is 0 Å². The summed E-state index contributed by atoms with van der Waals surface area (Å²) in [6.45, 7) is 12.7. The first kappa shape index (κ1) is 19.0. The van der Waals surface area contributed by atoms with Gasteiger partial charge in [-0.15, -0.1) is 0 Å². The van der Waals surface area contributed by atoms with Gasteiger partial charge < -0.3 is 20.3 Å². The van der Waals surface area contributed by atoms with E-state index in [4.69, 9.17) is 4.74 Å². The minimum absolute atomic E-state index is 0.367. The van der Waals surface area contributed by atoms with Crippen molar-refractivity contribution < 1.29 is 9.53 Å². The van der Waals surface area contributed by atoms with Gasteiger partial charge in [0.25, 0.3) is 0 Å². The molecule has 1 aliphatic rings. The molecule has 0 aromatic rings. The molecular formula is C17H33N3O2. The normalized spacial score (nSPS) is 20.8. The average Bonchev–Trinajstić information content (AvgIpc) is 2.65. The summed E-state index contributed by atoms with van der Waals surface area (Å²) in [5.41, 5.74) is -0.443. The summed E-state index contributed by atoms with van der Waals surface area (Å²) in [5.74, 6) is 0. The number of likely N-dealkylation sites (tertiary alicyclic amines) is 1. The molecule has 1 rings (SSSR count). The van der Waals surface area contributed by atoms with Crippen molar-refractivity contribution in [1.82, 2.24) is 15.5 Å². The molecule has 0 aromatic heterocycles. The van der Waals surface area contributed by atoms with Crippen molar-refractivity contribution >= 4 is 6.09 Å². The molecule has 0 saturated carbocycles. The number of hydrogen-bond acceptors (Lipinski definition) is 4. The maximum absolute atomic E-state index is 11.4. The third kappa shape index (κ3) is 9.05. The van der Waals surface area contributed by atoms with Gasteiger partial charge in [0, 0.05) is 19.1 Å². The Bertz CT molecular complexity index is 350. The predicted octanol–water partition coefficient (Wildman–Crippen LogP) is 2.53. The molecule has 5 nitrogen and oxygen atoms in total. The number of ether oxygens (including phenoxy) is 1. The van der Waals surface area contributed by atoms with Crippen molar-refractivity contribution in [2.24, 2.45) is 0 Å². The van der Waals surface area contributed by atoms with Gasteiger partial charge in [0.2, 0.25) is 0 Å². The Labute approximate surface area is 135 Å². The number of rotatable bonds is 6. The Balaban J connectivity index is 2.10. The highest BCUT2D eigenvalue weighted by Gasteiger charge is 2.15. The molecule has 0 radical (unpaired) electrons. The molecule has 1 heterocycles. The van der Waals surface area contributed by atoms with Crippen molar-refractivity contribution in [1.29, 1.82) is 0 Å². The van der Waals surface area contributed by atoms with Gasteiger partial charge in [0.05, 0.1) is 0 Å². The van der Waals surface area contributed by atoms with Crippen LogP contribution < -0.4 is 10.6 Å². The number of alkyl carbamates (subject to hydrolysis) is 1. The van der Waals surface area contributed by atoms with Gasteiger partial charge >= 0.3 is 6.09 Å². The van der Waals surface area contributed by atoms with Crippen molar-refractivity contribution in [2.75, 3.05) is 32.7 Å². The molecule has 1 saturated heterocycles. The summed E-state index contributed by atoms with van der Waals surface area (Å²) < 4.78 is 5.17. The van der Waals surface area contributed by atoms with Crippen LogP contribution in [0.5, 0.6) is 0 Å². The zero-order valence-corrected chi connectivity index (χ0v) is 14.7. The van der Waals surface area contributed by atoms with Crippen LogP contribution in [-0.2, 0) is 4.74 Å². The fraction of sp³-hybridized carbons (Fsp3) is 0.824. The van der Waals surface area contributed by atoms with Crippen molar-refractivity contribution in [3.8, 4) is 0 Å². The summed E-state index contributed by atoms with van der Waals surface area (Å²) in [7, 11) is 0.